The summed E-state index contributed by atoms with van der Waals surface area (Å²) < 4.78 is 5.49. The lowest BCUT2D eigenvalue weighted by atomic mass is 10.0. The van der Waals surface area contributed by atoms with E-state index in [9.17, 15) is 0 Å². The van der Waals surface area contributed by atoms with Crippen molar-refractivity contribution in [2.75, 3.05) is 6.23 Å². The second-order valence-electron chi connectivity index (χ2n) is 4.12. The van der Waals surface area contributed by atoms with Gasteiger partial charge in [-0.3, -0.25) is 0 Å². The maximum Gasteiger partial charge on any atom is 0.0712 e. The lowest BCUT2D eigenvalue weighted by Gasteiger charge is -2.05. The Morgan fingerprint density at radius 1 is 0.824 bits per heavy atom. The van der Waals surface area contributed by atoms with Gasteiger partial charge in [0.05, 0.1) is 6.61 Å². The zero-order chi connectivity index (χ0) is 11.9. The summed E-state index contributed by atoms with van der Waals surface area (Å²) in [5.41, 5.74) is 3.98. The molecule has 0 amide bonds. The molecule has 0 saturated heterocycles. The average molecular weight is 242 g/mol. The molecule has 0 heterocycles. The van der Waals surface area contributed by atoms with E-state index in [0.29, 0.717) is 0 Å². The van der Waals surface area contributed by atoms with Crippen molar-refractivity contribution >= 4 is 10.2 Å². The maximum atomic E-state index is 5.49. The van der Waals surface area contributed by atoms with Crippen molar-refractivity contribution in [3.63, 3.8) is 0 Å². The van der Waals surface area contributed by atoms with Crippen LogP contribution in [0.1, 0.15) is 16.7 Å². The molecule has 0 fully saturated rings. The van der Waals surface area contributed by atoms with Crippen LogP contribution in [0.3, 0.4) is 0 Å². The van der Waals surface area contributed by atoms with E-state index in [1.807, 2.05) is 0 Å². The predicted molar refractivity (Wildman–Crippen MR) is 75.3 cm³/mol. The highest BCUT2D eigenvalue weighted by Gasteiger charge is 1.98. The number of rotatable bonds is 5. The molecule has 0 aromatic heterocycles. The summed E-state index contributed by atoms with van der Waals surface area (Å²) in [7, 11) is 1.11. The van der Waals surface area contributed by atoms with Crippen LogP contribution in [0.25, 0.3) is 0 Å². The smallest absolute Gasteiger partial charge is 0.0712 e. The first-order chi connectivity index (χ1) is 8.38. The van der Waals surface area contributed by atoms with E-state index >= 15 is 0 Å². The van der Waals surface area contributed by atoms with Gasteiger partial charge in [0.25, 0.3) is 0 Å². The van der Waals surface area contributed by atoms with E-state index in [-0.39, 0.29) is 0 Å². The topological polar surface area (TPSA) is 9.23 Å². The minimum Gasteiger partial charge on any atom is -0.381 e. The molecular formula is C15H18OSi. The Morgan fingerprint density at radius 2 is 1.53 bits per heavy atom. The van der Waals surface area contributed by atoms with E-state index in [4.69, 9.17) is 4.74 Å². The van der Waals surface area contributed by atoms with Gasteiger partial charge in [-0.2, -0.15) is 0 Å². The van der Waals surface area contributed by atoms with Crippen molar-refractivity contribution in [1.82, 2.24) is 0 Å². The lowest BCUT2D eigenvalue weighted by Crippen LogP contribution is -1.96. The van der Waals surface area contributed by atoms with Gasteiger partial charge in [0.15, 0.2) is 0 Å². The zero-order valence-electron chi connectivity index (χ0n) is 10.2. The highest BCUT2D eigenvalue weighted by molar-refractivity contribution is 6.08. The minimum atomic E-state index is 0.742. The molecule has 0 saturated carbocycles. The largest absolute Gasteiger partial charge is 0.381 e. The van der Waals surface area contributed by atoms with Crippen molar-refractivity contribution in [2.24, 2.45) is 0 Å². The fourth-order valence-electron chi connectivity index (χ4n) is 1.88. The van der Waals surface area contributed by atoms with Crippen LogP contribution in [0.15, 0.2) is 54.6 Å². The van der Waals surface area contributed by atoms with E-state index in [1.165, 1.54) is 16.7 Å². The summed E-state index contributed by atoms with van der Waals surface area (Å²) in [5.74, 6) is 0. The molecule has 0 aliphatic rings. The number of benzene rings is 2. The van der Waals surface area contributed by atoms with Gasteiger partial charge in [0.2, 0.25) is 0 Å². The molecule has 2 aromatic rings. The molecule has 0 aliphatic carbocycles. The van der Waals surface area contributed by atoms with Crippen LogP contribution >= 0.6 is 0 Å². The Bertz CT molecular complexity index is 453. The van der Waals surface area contributed by atoms with E-state index in [1.54, 1.807) is 0 Å². The molecule has 1 nitrogen and oxygen atoms in total. The van der Waals surface area contributed by atoms with Crippen molar-refractivity contribution in [3.05, 3.63) is 71.3 Å². The van der Waals surface area contributed by atoms with Crippen molar-refractivity contribution in [3.8, 4) is 0 Å². The van der Waals surface area contributed by atoms with Gasteiger partial charge in [-0.05, 0) is 23.1 Å². The highest BCUT2D eigenvalue weighted by atomic mass is 28.1. The fourth-order valence-corrected chi connectivity index (χ4v) is 2.09. The molecule has 2 rings (SSSR count). The molecule has 2 heteroatoms. The summed E-state index contributed by atoms with van der Waals surface area (Å²) in [6.45, 7) is 0.742. The Labute approximate surface area is 106 Å². The standard InChI is InChI=1S/C15H18OSi/c17-12-16-11-15-8-4-7-14(10-15)9-13-5-2-1-3-6-13/h1-8,10H,9,11-12H2,17H3. The molecule has 0 bridgehead atoms. The number of hydrogen-bond acceptors (Lipinski definition) is 1. The monoisotopic (exact) mass is 242 g/mol. The first-order valence-electron chi connectivity index (χ1n) is 6.08. The highest BCUT2D eigenvalue weighted by Crippen LogP contribution is 2.12. The van der Waals surface area contributed by atoms with Crippen molar-refractivity contribution < 1.29 is 4.74 Å². The van der Waals surface area contributed by atoms with Gasteiger partial charge in [-0.1, -0.05) is 54.6 Å². The van der Waals surface area contributed by atoms with Crippen LogP contribution in [0.5, 0.6) is 0 Å². The molecule has 0 radical (unpaired) electrons. The van der Waals surface area contributed by atoms with Crippen LogP contribution in [-0.4, -0.2) is 16.5 Å². The quantitative estimate of drug-likeness (QED) is 0.730. The van der Waals surface area contributed by atoms with Crippen molar-refractivity contribution in [1.29, 1.82) is 0 Å². The maximum absolute atomic E-state index is 5.49. The Kier molecular flexibility index (Phi) is 4.53. The second-order valence-corrected chi connectivity index (χ2v) is 4.70. The molecule has 17 heavy (non-hydrogen) atoms. The molecule has 88 valence electrons. The summed E-state index contributed by atoms with van der Waals surface area (Å²) >= 11 is 0. The zero-order valence-corrected chi connectivity index (χ0v) is 12.2. The van der Waals surface area contributed by atoms with Crippen molar-refractivity contribution in [2.45, 2.75) is 13.0 Å². The Balaban J connectivity index is 2.06. The first-order valence-corrected chi connectivity index (χ1v) is 7.49. The Hall–Kier alpha value is -1.38. The van der Waals surface area contributed by atoms with Crippen LogP contribution in [0, 0.1) is 0 Å². The summed E-state index contributed by atoms with van der Waals surface area (Å²) in [4.78, 5) is 0. The first kappa shape index (κ1) is 12.1. The summed E-state index contributed by atoms with van der Waals surface area (Å²) in [6, 6.07) is 19.2. The van der Waals surface area contributed by atoms with Crippen LogP contribution in [-0.2, 0) is 17.8 Å². The summed E-state index contributed by atoms with van der Waals surface area (Å²) in [6.07, 6.45) is 1.90. The van der Waals surface area contributed by atoms with Crippen LogP contribution in [0.2, 0.25) is 0 Å². The molecule has 0 aliphatic heterocycles. The number of ether oxygens (including phenoxy) is 1. The molecule has 0 atom stereocenters. The third-order valence-electron chi connectivity index (χ3n) is 2.72. The van der Waals surface area contributed by atoms with Gasteiger partial charge < -0.3 is 4.74 Å². The molecule has 0 spiro atoms. The van der Waals surface area contributed by atoms with Crippen LogP contribution in [0.4, 0.5) is 0 Å². The van der Waals surface area contributed by atoms with Gasteiger partial charge >= 0.3 is 0 Å². The van der Waals surface area contributed by atoms with E-state index < -0.39 is 0 Å². The molecular weight excluding hydrogens is 224 g/mol. The SMILES string of the molecule is [SiH3]COCc1cccc(Cc2ccccc2)c1. The van der Waals surface area contributed by atoms with Gasteiger partial charge in [-0.15, -0.1) is 0 Å². The lowest BCUT2D eigenvalue weighted by molar-refractivity contribution is 0.165. The summed E-state index contributed by atoms with van der Waals surface area (Å²) in [5, 5.41) is 0. The third-order valence-corrected chi connectivity index (χ3v) is 3.12. The van der Waals surface area contributed by atoms with E-state index in [2.05, 4.69) is 54.6 Å². The Morgan fingerprint density at radius 3 is 2.29 bits per heavy atom. The van der Waals surface area contributed by atoms with E-state index in [0.717, 1.165) is 29.5 Å². The van der Waals surface area contributed by atoms with Gasteiger partial charge in [-0.25, -0.2) is 0 Å². The number of hydrogen-bond donors (Lipinski definition) is 0. The fraction of sp³-hybridized carbons (Fsp3) is 0.200. The molecule has 2 aromatic carbocycles. The average Bonchev–Trinajstić information content (AvgIpc) is 2.38. The second kappa shape index (κ2) is 6.38. The normalized spacial score (nSPS) is 10.6. The van der Waals surface area contributed by atoms with Crippen LogP contribution < -0.4 is 0 Å². The third kappa shape index (κ3) is 3.84. The molecule has 0 N–H and O–H groups in total. The van der Waals surface area contributed by atoms with Gasteiger partial charge in [0.1, 0.15) is 0 Å². The molecule has 0 unspecified atom stereocenters. The minimum absolute atomic E-state index is 0.742. The predicted octanol–water partition coefficient (Wildman–Crippen LogP) is 2.12. The van der Waals surface area contributed by atoms with Gasteiger partial charge in [0, 0.05) is 16.5 Å².